The third-order valence-electron chi connectivity index (χ3n) is 4.59. The lowest BCUT2D eigenvalue weighted by Crippen LogP contribution is -2.27. The molecule has 25 heavy (non-hydrogen) atoms. The van der Waals surface area contributed by atoms with Gasteiger partial charge in [0.15, 0.2) is 0 Å². The van der Waals surface area contributed by atoms with Gasteiger partial charge in [0, 0.05) is 18.5 Å². The van der Waals surface area contributed by atoms with E-state index >= 15 is 0 Å². The minimum Gasteiger partial charge on any atom is -0.485 e. The van der Waals surface area contributed by atoms with Crippen LogP contribution in [0.15, 0.2) is 59.8 Å². The van der Waals surface area contributed by atoms with Crippen molar-refractivity contribution in [2.24, 2.45) is 5.16 Å². The first-order chi connectivity index (χ1) is 12.3. The first kappa shape index (κ1) is 17.5. The summed E-state index contributed by atoms with van der Waals surface area (Å²) in [5, 5.41) is 4.45. The molecule has 2 aromatic rings. The fraction of sp³-hybridized carbons (Fsp3) is 0.381. The number of hydrogen-bond acceptors (Lipinski definition) is 4. The van der Waals surface area contributed by atoms with Gasteiger partial charge < -0.3 is 14.5 Å². The zero-order chi connectivity index (χ0) is 17.5. The van der Waals surface area contributed by atoms with Crippen LogP contribution in [0.3, 0.4) is 0 Å². The number of oxime groups is 1. The summed E-state index contributed by atoms with van der Waals surface area (Å²) in [7, 11) is 0. The van der Waals surface area contributed by atoms with Gasteiger partial charge in [-0.05, 0) is 30.8 Å². The summed E-state index contributed by atoms with van der Waals surface area (Å²) in [5.41, 5.74) is 3.14. The molecule has 0 radical (unpaired) electrons. The molecule has 0 saturated carbocycles. The van der Waals surface area contributed by atoms with Gasteiger partial charge in [-0.15, -0.1) is 0 Å². The van der Waals surface area contributed by atoms with Crippen LogP contribution in [0.4, 0.5) is 0 Å². The first-order valence-electron chi connectivity index (χ1n) is 9.04. The van der Waals surface area contributed by atoms with Crippen molar-refractivity contribution in [3.8, 4) is 5.75 Å². The Morgan fingerprint density at radius 2 is 1.76 bits per heavy atom. The van der Waals surface area contributed by atoms with E-state index in [1.165, 1.54) is 0 Å². The van der Waals surface area contributed by atoms with Crippen molar-refractivity contribution in [2.45, 2.75) is 26.4 Å². The fourth-order valence-corrected chi connectivity index (χ4v) is 3.06. The summed E-state index contributed by atoms with van der Waals surface area (Å²) in [6, 6.07) is 18.3. The maximum Gasteiger partial charge on any atom is 0.129 e. The van der Waals surface area contributed by atoms with E-state index < -0.39 is 0 Å². The number of benzene rings is 2. The lowest BCUT2D eigenvalue weighted by molar-refractivity contribution is 0.112. The maximum absolute atomic E-state index is 6.18. The molecule has 132 valence electrons. The Hall–Kier alpha value is -2.33. The number of nitrogens with zero attached hydrogens (tertiary/aromatic N) is 2. The van der Waals surface area contributed by atoms with Gasteiger partial charge in [-0.3, -0.25) is 0 Å². The van der Waals surface area contributed by atoms with E-state index in [1.807, 2.05) is 42.5 Å². The number of fused-ring (bicyclic) bond motifs is 1. The molecule has 0 aromatic heterocycles. The highest BCUT2D eigenvalue weighted by molar-refractivity contribution is 6.03. The molecular formula is C21H26N2O2. The van der Waals surface area contributed by atoms with Crippen molar-refractivity contribution in [3.63, 3.8) is 0 Å². The minimum atomic E-state index is -0.0266. The molecule has 0 aliphatic carbocycles. The second-order valence-corrected chi connectivity index (χ2v) is 6.12. The number of rotatable bonds is 7. The molecule has 1 heterocycles. The Morgan fingerprint density at radius 3 is 2.52 bits per heavy atom. The van der Waals surface area contributed by atoms with Crippen LogP contribution >= 0.6 is 0 Å². The standard InChI is InChI=1S/C21H26N2O2/c1-3-23(4-2)14-15-24-22-19-16-21(17-10-6-5-7-11-17)25-20-13-9-8-12-18(19)20/h5-13,21H,3-4,14-16H2,1-2H3/b22-19-. The SMILES string of the molecule is CCN(CC)CCO/N=C1/CC(c2ccccc2)Oc2ccccc21. The summed E-state index contributed by atoms with van der Waals surface area (Å²) in [4.78, 5) is 7.96. The highest BCUT2D eigenvalue weighted by Gasteiger charge is 2.26. The van der Waals surface area contributed by atoms with Crippen LogP contribution in [-0.2, 0) is 4.84 Å². The molecule has 1 atom stereocenters. The van der Waals surface area contributed by atoms with E-state index in [1.54, 1.807) is 0 Å². The van der Waals surface area contributed by atoms with Gasteiger partial charge in [-0.1, -0.05) is 61.5 Å². The van der Waals surface area contributed by atoms with Crippen molar-refractivity contribution < 1.29 is 9.57 Å². The summed E-state index contributed by atoms with van der Waals surface area (Å²) in [6.45, 7) is 7.88. The first-order valence-corrected chi connectivity index (χ1v) is 9.04. The predicted molar refractivity (Wildman–Crippen MR) is 101 cm³/mol. The Balaban J connectivity index is 1.74. The minimum absolute atomic E-state index is 0.0266. The van der Waals surface area contributed by atoms with Gasteiger partial charge >= 0.3 is 0 Å². The quantitative estimate of drug-likeness (QED) is 0.558. The smallest absolute Gasteiger partial charge is 0.129 e. The van der Waals surface area contributed by atoms with Gasteiger partial charge in [0.1, 0.15) is 18.5 Å². The molecule has 3 rings (SSSR count). The average Bonchev–Trinajstić information content (AvgIpc) is 2.68. The second-order valence-electron chi connectivity index (χ2n) is 6.12. The van der Waals surface area contributed by atoms with E-state index in [0.717, 1.165) is 42.2 Å². The number of ether oxygens (including phenoxy) is 1. The van der Waals surface area contributed by atoms with Gasteiger partial charge in [-0.2, -0.15) is 0 Å². The Labute approximate surface area is 150 Å². The van der Waals surface area contributed by atoms with Gasteiger partial charge in [0.2, 0.25) is 0 Å². The van der Waals surface area contributed by atoms with E-state index in [4.69, 9.17) is 9.57 Å². The molecule has 1 aliphatic rings. The van der Waals surface area contributed by atoms with Crippen LogP contribution in [0.5, 0.6) is 5.75 Å². The molecule has 0 spiro atoms. The topological polar surface area (TPSA) is 34.1 Å². The summed E-state index contributed by atoms with van der Waals surface area (Å²) in [5.74, 6) is 0.869. The molecule has 0 bridgehead atoms. The molecule has 0 fully saturated rings. The molecule has 2 aromatic carbocycles. The normalized spacial score (nSPS) is 18.0. The van der Waals surface area contributed by atoms with Crippen molar-refractivity contribution in [1.29, 1.82) is 0 Å². The highest BCUT2D eigenvalue weighted by Crippen LogP contribution is 2.35. The maximum atomic E-state index is 6.18. The molecule has 1 aliphatic heterocycles. The molecule has 1 unspecified atom stereocenters. The zero-order valence-electron chi connectivity index (χ0n) is 15.0. The van der Waals surface area contributed by atoms with E-state index in [-0.39, 0.29) is 6.10 Å². The van der Waals surface area contributed by atoms with E-state index in [9.17, 15) is 0 Å². The summed E-state index contributed by atoms with van der Waals surface area (Å²) < 4.78 is 6.18. The monoisotopic (exact) mass is 338 g/mol. The fourth-order valence-electron chi connectivity index (χ4n) is 3.06. The molecular weight excluding hydrogens is 312 g/mol. The number of para-hydroxylation sites is 1. The van der Waals surface area contributed by atoms with Crippen molar-refractivity contribution in [2.75, 3.05) is 26.2 Å². The van der Waals surface area contributed by atoms with Gasteiger partial charge in [-0.25, -0.2) is 0 Å². The van der Waals surface area contributed by atoms with Gasteiger partial charge in [0.25, 0.3) is 0 Å². The predicted octanol–water partition coefficient (Wildman–Crippen LogP) is 4.27. The molecule has 4 nitrogen and oxygen atoms in total. The number of hydrogen-bond donors (Lipinski definition) is 0. The van der Waals surface area contributed by atoms with Crippen LogP contribution in [0.2, 0.25) is 0 Å². The third-order valence-corrected chi connectivity index (χ3v) is 4.59. The van der Waals surface area contributed by atoms with Crippen LogP contribution in [0.25, 0.3) is 0 Å². The lowest BCUT2D eigenvalue weighted by Gasteiger charge is -2.27. The Kier molecular flexibility index (Phi) is 6.07. The average molecular weight is 338 g/mol. The molecule has 0 amide bonds. The molecule has 0 N–H and O–H groups in total. The molecule has 4 heteroatoms. The Morgan fingerprint density at radius 1 is 1.04 bits per heavy atom. The van der Waals surface area contributed by atoms with Crippen LogP contribution in [-0.4, -0.2) is 36.9 Å². The van der Waals surface area contributed by atoms with E-state index in [0.29, 0.717) is 13.0 Å². The summed E-state index contributed by atoms with van der Waals surface area (Å²) >= 11 is 0. The van der Waals surface area contributed by atoms with Crippen molar-refractivity contribution in [3.05, 3.63) is 65.7 Å². The largest absolute Gasteiger partial charge is 0.485 e. The highest BCUT2D eigenvalue weighted by atomic mass is 16.6. The number of likely N-dealkylation sites (N-methyl/N-ethyl adjacent to an activating group) is 1. The zero-order valence-corrected chi connectivity index (χ0v) is 15.0. The van der Waals surface area contributed by atoms with Crippen molar-refractivity contribution >= 4 is 5.71 Å². The van der Waals surface area contributed by atoms with Crippen LogP contribution in [0, 0.1) is 0 Å². The van der Waals surface area contributed by atoms with Crippen molar-refractivity contribution in [1.82, 2.24) is 4.90 Å². The lowest BCUT2D eigenvalue weighted by atomic mass is 9.96. The van der Waals surface area contributed by atoms with E-state index in [2.05, 4.69) is 36.0 Å². The van der Waals surface area contributed by atoms with Gasteiger partial charge in [0.05, 0.1) is 5.71 Å². The summed E-state index contributed by atoms with van der Waals surface area (Å²) in [6.07, 6.45) is 0.688. The second kappa shape index (κ2) is 8.67. The third kappa shape index (κ3) is 4.40. The van der Waals surface area contributed by atoms with Crippen LogP contribution in [0.1, 0.15) is 37.5 Å². The Bertz CT molecular complexity index is 696. The molecule has 0 saturated heterocycles. The van der Waals surface area contributed by atoms with Crippen LogP contribution < -0.4 is 4.74 Å².